The molecule has 1 aliphatic heterocycles. The van der Waals surface area contributed by atoms with E-state index in [0.717, 1.165) is 42.0 Å². The van der Waals surface area contributed by atoms with Crippen LogP contribution in [0, 0.1) is 6.92 Å². The summed E-state index contributed by atoms with van der Waals surface area (Å²) >= 11 is 3.58. The van der Waals surface area contributed by atoms with Crippen LogP contribution in [0.2, 0.25) is 0 Å². The number of anilines is 2. The maximum absolute atomic E-state index is 5.92. The summed E-state index contributed by atoms with van der Waals surface area (Å²) in [5.41, 5.74) is 9.04. The highest BCUT2D eigenvalue weighted by Gasteiger charge is 2.14. The molecule has 0 spiro atoms. The van der Waals surface area contributed by atoms with E-state index in [1.54, 1.807) is 0 Å². The molecule has 82 valence electrons. The molecule has 0 aromatic heterocycles. The molecule has 2 rings (SSSR count). The fourth-order valence-corrected chi connectivity index (χ4v) is 2.43. The third kappa shape index (κ3) is 2.26. The van der Waals surface area contributed by atoms with E-state index in [1.165, 1.54) is 5.69 Å². The second-order valence-corrected chi connectivity index (χ2v) is 4.61. The zero-order valence-electron chi connectivity index (χ0n) is 8.79. The number of rotatable bonds is 1. The molecule has 1 saturated heterocycles. The van der Waals surface area contributed by atoms with Crippen molar-refractivity contribution in [3.8, 4) is 0 Å². The lowest BCUT2D eigenvalue weighted by atomic mass is 10.1. The van der Waals surface area contributed by atoms with Crippen LogP contribution in [-0.4, -0.2) is 26.3 Å². The number of ether oxygens (including phenoxy) is 1. The standard InChI is InChI=1S/C11H15BrN2O/c1-8-6-9(12)11(7-10(8)13)14-2-4-15-5-3-14/h6-7H,2-5,13H2,1H3. The molecule has 1 aromatic rings. The van der Waals surface area contributed by atoms with Crippen molar-refractivity contribution in [3.63, 3.8) is 0 Å². The number of hydrogen-bond acceptors (Lipinski definition) is 3. The maximum Gasteiger partial charge on any atom is 0.0642 e. The number of aryl methyl sites for hydroxylation is 1. The van der Waals surface area contributed by atoms with Crippen molar-refractivity contribution < 1.29 is 4.74 Å². The molecule has 0 bridgehead atoms. The predicted molar refractivity (Wildman–Crippen MR) is 66.3 cm³/mol. The van der Waals surface area contributed by atoms with Crippen LogP contribution in [0.1, 0.15) is 5.56 Å². The number of benzene rings is 1. The first-order valence-electron chi connectivity index (χ1n) is 5.07. The highest BCUT2D eigenvalue weighted by Crippen LogP contribution is 2.31. The van der Waals surface area contributed by atoms with Gasteiger partial charge in [0.05, 0.1) is 18.9 Å². The minimum atomic E-state index is 0.792. The molecule has 0 saturated carbocycles. The Morgan fingerprint density at radius 3 is 2.67 bits per heavy atom. The van der Waals surface area contributed by atoms with Gasteiger partial charge in [0.15, 0.2) is 0 Å². The summed E-state index contributed by atoms with van der Waals surface area (Å²) in [6.07, 6.45) is 0. The van der Waals surface area contributed by atoms with E-state index in [-0.39, 0.29) is 0 Å². The third-order valence-electron chi connectivity index (χ3n) is 2.69. The fourth-order valence-electron chi connectivity index (χ4n) is 1.72. The second-order valence-electron chi connectivity index (χ2n) is 3.76. The molecule has 0 unspecified atom stereocenters. The SMILES string of the molecule is Cc1cc(Br)c(N2CCOCC2)cc1N. The van der Waals surface area contributed by atoms with Crippen molar-refractivity contribution in [1.29, 1.82) is 0 Å². The summed E-state index contributed by atoms with van der Waals surface area (Å²) in [6, 6.07) is 4.10. The molecule has 0 atom stereocenters. The number of nitrogens with two attached hydrogens (primary N) is 1. The molecule has 0 radical (unpaired) electrons. The van der Waals surface area contributed by atoms with E-state index < -0.39 is 0 Å². The first-order chi connectivity index (χ1) is 7.18. The molecular weight excluding hydrogens is 256 g/mol. The Morgan fingerprint density at radius 1 is 1.33 bits per heavy atom. The Hall–Kier alpha value is -0.740. The Morgan fingerprint density at radius 2 is 2.00 bits per heavy atom. The summed E-state index contributed by atoms with van der Waals surface area (Å²) in [7, 11) is 0. The van der Waals surface area contributed by atoms with Crippen molar-refractivity contribution in [1.82, 2.24) is 0 Å². The first-order valence-corrected chi connectivity index (χ1v) is 5.86. The van der Waals surface area contributed by atoms with Crippen LogP contribution in [0.3, 0.4) is 0 Å². The minimum absolute atomic E-state index is 0.792. The monoisotopic (exact) mass is 270 g/mol. The molecular formula is C11H15BrN2O. The van der Waals surface area contributed by atoms with Gasteiger partial charge in [-0.05, 0) is 40.5 Å². The Labute approximate surface area is 98.3 Å². The number of halogens is 1. The van der Waals surface area contributed by atoms with Crippen LogP contribution < -0.4 is 10.6 Å². The molecule has 2 N–H and O–H groups in total. The lowest BCUT2D eigenvalue weighted by Gasteiger charge is -2.30. The topological polar surface area (TPSA) is 38.5 Å². The van der Waals surface area contributed by atoms with Gasteiger partial charge in [-0.25, -0.2) is 0 Å². The normalized spacial score (nSPS) is 16.8. The minimum Gasteiger partial charge on any atom is -0.398 e. The first kappa shape index (κ1) is 10.8. The van der Waals surface area contributed by atoms with E-state index >= 15 is 0 Å². The van der Waals surface area contributed by atoms with Gasteiger partial charge >= 0.3 is 0 Å². The molecule has 0 amide bonds. The van der Waals surface area contributed by atoms with Gasteiger partial charge in [0.1, 0.15) is 0 Å². The van der Waals surface area contributed by atoms with Gasteiger partial charge in [-0.2, -0.15) is 0 Å². The Kier molecular flexibility index (Phi) is 3.17. The Balaban J connectivity index is 2.30. The van der Waals surface area contributed by atoms with Crippen LogP contribution in [0.25, 0.3) is 0 Å². The van der Waals surface area contributed by atoms with E-state index in [2.05, 4.69) is 26.9 Å². The van der Waals surface area contributed by atoms with Crippen LogP contribution in [0.15, 0.2) is 16.6 Å². The number of nitrogen functional groups attached to an aromatic ring is 1. The van der Waals surface area contributed by atoms with Crippen molar-refractivity contribution in [2.24, 2.45) is 0 Å². The van der Waals surface area contributed by atoms with Crippen molar-refractivity contribution in [2.45, 2.75) is 6.92 Å². The largest absolute Gasteiger partial charge is 0.398 e. The maximum atomic E-state index is 5.92. The van der Waals surface area contributed by atoms with E-state index in [9.17, 15) is 0 Å². The van der Waals surface area contributed by atoms with Gasteiger partial charge < -0.3 is 15.4 Å². The highest BCUT2D eigenvalue weighted by molar-refractivity contribution is 9.10. The van der Waals surface area contributed by atoms with Crippen LogP contribution in [-0.2, 0) is 4.74 Å². The zero-order valence-corrected chi connectivity index (χ0v) is 10.4. The van der Waals surface area contributed by atoms with E-state index in [4.69, 9.17) is 10.5 Å². The van der Waals surface area contributed by atoms with Crippen molar-refractivity contribution in [2.75, 3.05) is 36.9 Å². The molecule has 3 nitrogen and oxygen atoms in total. The number of nitrogens with zero attached hydrogens (tertiary/aromatic N) is 1. The fraction of sp³-hybridized carbons (Fsp3) is 0.455. The summed E-state index contributed by atoms with van der Waals surface area (Å²) in [5, 5.41) is 0. The van der Waals surface area contributed by atoms with Gasteiger partial charge in [0.2, 0.25) is 0 Å². The molecule has 1 fully saturated rings. The van der Waals surface area contributed by atoms with E-state index in [1.807, 2.05) is 13.0 Å². The molecule has 1 aliphatic rings. The third-order valence-corrected chi connectivity index (χ3v) is 3.32. The highest BCUT2D eigenvalue weighted by atomic mass is 79.9. The van der Waals surface area contributed by atoms with Crippen molar-refractivity contribution in [3.05, 3.63) is 22.2 Å². The van der Waals surface area contributed by atoms with Crippen molar-refractivity contribution >= 4 is 27.3 Å². The summed E-state index contributed by atoms with van der Waals surface area (Å²) in [6.45, 7) is 5.46. The van der Waals surface area contributed by atoms with Crippen LogP contribution >= 0.6 is 15.9 Å². The average molecular weight is 271 g/mol. The van der Waals surface area contributed by atoms with E-state index in [0.29, 0.717) is 0 Å². The average Bonchev–Trinajstić information content (AvgIpc) is 2.25. The van der Waals surface area contributed by atoms with Gasteiger partial charge in [0, 0.05) is 23.2 Å². The second kappa shape index (κ2) is 4.41. The lowest BCUT2D eigenvalue weighted by molar-refractivity contribution is 0.122. The molecule has 1 heterocycles. The van der Waals surface area contributed by atoms with Gasteiger partial charge in [-0.1, -0.05) is 0 Å². The smallest absolute Gasteiger partial charge is 0.0642 e. The molecule has 4 heteroatoms. The van der Waals surface area contributed by atoms with Gasteiger partial charge in [-0.15, -0.1) is 0 Å². The number of hydrogen-bond donors (Lipinski definition) is 1. The van der Waals surface area contributed by atoms with Crippen LogP contribution in [0.4, 0.5) is 11.4 Å². The van der Waals surface area contributed by atoms with Crippen LogP contribution in [0.5, 0.6) is 0 Å². The zero-order chi connectivity index (χ0) is 10.8. The van der Waals surface area contributed by atoms with Gasteiger partial charge in [-0.3, -0.25) is 0 Å². The molecule has 1 aromatic carbocycles. The summed E-state index contributed by atoms with van der Waals surface area (Å²) in [4.78, 5) is 2.30. The number of morpholine rings is 1. The lowest BCUT2D eigenvalue weighted by Crippen LogP contribution is -2.36. The summed E-state index contributed by atoms with van der Waals surface area (Å²) < 4.78 is 6.43. The quantitative estimate of drug-likeness (QED) is 0.796. The molecule has 15 heavy (non-hydrogen) atoms. The molecule has 0 aliphatic carbocycles. The predicted octanol–water partition coefficient (Wildman–Crippen LogP) is 2.18. The summed E-state index contributed by atoms with van der Waals surface area (Å²) in [5.74, 6) is 0. The van der Waals surface area contributed by atoms with Gasteiger partial charge in [0.25, 0.3) is 0 Å². The Bertz CT molecular complexity index is 362.